The van der Waals surface area contributed by atoms with Crippen LogP contribution in [0, 0.1) is 0 Å². The maximum Gasteiger partial charge on any atom is 0.306 e. The summed E-state index contributed by atoms with van der Waals surface area (Å²) in [6, 6.07) is 0. The molecule has 0 aromatic rings. The average molecular weight is 1140 g/mol. The predicted molar refractivity (Wildman–Crippen MR) is 358 cm³/mol. The Morgan fingerprint density at radius 1 is 0.256 bits per heavy atom. The average Bonchev–Trinajstić information content (AvgIpc) is 3.48. The van der Waals surface area contributed by atoms with Crippen LogP contribution >= 0.6 is 0 Å². The zero-order valence-corrected chi connectivity index (χ0v) is 54.5. The molecule has 0 fully saturated rings. The molecular formula is C76H134O6. The first-order chi connectivity index (χ1) is 40.5. The topological polar surface area (TPSA) is 78.9 Å². The van der Waals surface area contributed by atoms with Gasteiger partial charge in [0, 0.05) is 19.3 Å². The van der Waals surface area contributed by atoms with E-state index in [1.165, 1.54) is 218 Å². The molecular weight excluding hydrogens is 1010 g/mol. The summed E-state index contributed by atoms with van der Waals surface area (Å²) in [5.74, 6) is -0.864. The third kappa shape index (κ3) is 67.4. The monoisotopic (exact) mass is 1140 g/mol. The highest BCUT2D eigenvalue weighted by Crippen LogP contribution is 2.17. The first kappa shape index (κ1) is 78.6. The van der Waals surface area contributed by atoms with Gasteiger partial charge in [-0.15, -0.1) is 0 Å². The molecule has 0 heterocycles. The van der Waals surface area contributed by atoms with Gasteiger partial charge in [-0.2, -0.15) is 0 Å². The summed E-state index contributed by atoms with van der Waals surface area (Å²) in [4.78, 5) is 38.5. The predicted octanol–water partition coefficient (Wildman–Crippen LogP) is 24.6. The van der Waals surface area contributed by atoms with E-state index in [2.05, 4.69) is 106 Å². The molecule has 0 aliphatic rings. The SMILES string of the molecule is CC/C=C\C/C=C\C/C=C\C/C=C\C/C=C\C/C=C\CCCCCCCCCCC(=O)OCC(COC(=O)CCCCCCCCCCCCCCCC)OC(=O)CCCCCCCCCCCCC/C=C\CCCCCCCCCC. The number of unbranched alkanes of at least 4 members (excludes halogenated alkanes) is 40. The molecule has 0 saturated heterocycles. The van der Waals surface area contributed by atoms with Crippen LogP contribution in [0.15, 0.2) is 85.1 Å². The van der Waals surface area contributed by atoms with Crippen LogP contribution in [0.25, 0.3) is 0 Å². The molecule has 0 aliphatic heterocycles. The summed E-state index contributed by atoms with van der Waals surface area (Å²) >= 11 is 0. The molecule has 0 aromatic heterocycles. The summed E-state index contributed by atoms with van der Waals surface area (Å²) in [5.41, 5.74) is 0. The molecule has 6 heteroatoms. The quantitative estimate of drug-likeness (QED) is 0.0261. The van der Waals surface area contributed by atoms with Crippen LogP contribution in [0.2, 0.25) is 0 Å². The highest BCUT2D eigenvalue weighted by atomic mass is 16.6. The first-order valence-electron chi connectivity index (χ1n) is 35.6. The molecule has 0 rings (SSSR count). The standard InChI is InChI=1S/C76H134O6/c1-4-7-10-13-16-19-22-25-28-30-32-34-36-37-38-39-41-42-44-46-48-51-54-57-60-63-66-69-75(78)81-72-73(71-80-74(77)68-65-62-59-56-53-50-27-24-21-18-15-12-9-6-3)82-76(79)70-67-64-61-58-55-52-49-47-45-43-40-35-33-31-29-26-23-20-17-14-11-8-5-2/h7,10,16,19,25,28,31-34,37-38,41-42,73H,4-6,8-9,11-15,17-18,20-24,26-27,29-30,35-36,39-40,43-72H2,1-3H3/b10-7-,19-16-,28-25-,33-31-,34-32-,38-37-,42-41-. The zero-order valence-electron chi connectivity index (χ0n) is 54.5. The minimum atomic E-state index is -0.780. The van der Waals surface area contributed by atoms with E-state index in [1.807, 2.05) is 0 Å². The Labute approximate surface area is 509 Å². The van der Waals surface area contributed by atoms with E-state index in [0.717, 1.165) is 103 Å². The Morgan fingerprint density at radius 2 is 0.476 bits per heavy atom. The fourth-order valence-electron chi connectivity index (χ4n) is 10.3. The highest BCUT2D eigenvalue weighted by molar-refractivity contribution is 5.71. The van der Waals surface area contributed by atoms with Crippen LogP contribution < -0.4 is 0 Å². The Morgan fingerprint density at radius 3 is 0.756 bits per heavy atom. The van der Waals surface area contributed by atoms with Crippen LogP contribution in [0.1, 0.15) is 361 Å². The van der Waals surface area contributed by atoms with Gasteiger partial charge in [0.05, 0.1) is 0 Å². The van der Waals surface area contributed by atoms with Gasteiger partial charge in [-0.25, -0.2) is 0 Å². The number of rotatable bonds is 65. The van der Waals surface area contributed by atoms with E-state index in [0.29, 0.717) is 19.3 Å². The number of ether oxygens (including phenoxy) is 3. The smallest absolute Gasteiger partial charge is 0.306 e. The van der Waals surface area contributed by atoms with Crippen molar-refractivity contribution < 1.29 is 28.6 Å². The summed E-state index contributed by atoms with van der Waals surface area (Å²) in [6.45, 7) is 6.57. The number of esters is 3. The lowest BCUT2D eigenvalue weighted by molar-refractivity contribution is -0.167. The van der Waals surface area contributed by atoms with Gasteiger partial charge < -0.3 is 14.2 Å². The Balaban J connectivity index is 4.32. The molecule has 474 valence electrons. The van der Waals surface area contributed by atoms with Crippen molar-refractivity contribution in [2.24, 2.45) is 0 Å². The van der Waals surface area contributed by atoms with Crippen LogP contribution in [-0.2, 0) is 28.6 Å². The number of hydrogen-bond acceptors (Lipinski definition) is 6. The summed E-state index contributed by atoms with van der Waals surface area (Å²) < 4.78 is 17.0. The molecule has 0 amide bonds. The fourth-order valence-corrected chi connectivity index (χ4v) is 10.3. The van der Waals surface area contributed by atoms with Crippen molar-refractivity contribution in [3.63, 3.8) is 0 Å². The van der Waals surface area contributed by atoms with Gasteiger partial charge in [0.15, 0.2) is 6.10 Å². The molecule has 0 N–H and O–H groups in total. The van der Waals surface area contributed by atoms with Gasteiger partial charge in [0.25, 0.3) is 0 Å². The molecule has 6 nitrogen and oxygen atoms in total. The van der Waals surface area contributed by atoms with Crippen molar-refractivity contribution in [1.82, 2.24) is 0 Å². The second kappa shape index (κ2) is 70.1. The molecule has 0 aliphatic carbocycles. The maximum atomic E-state index is 13.0. The number of carbonyl (C=O) groups is 3. The van der Waals surface area contributed by atoms with Crippen molar-refractivity contribution in [2.45, 2.75) is 367 Å². The van der Waals surface area contributed by atoms with Crippen LogP contribution in [-0.4, -0.2) is 37.2 Å². The minimum Gasteiger partial charge on any atom is -0.462 e. The maximum absolute atomic E-state index is 13.0. The van der Waals surface area contributed by atoms with E-state index in [1.54, 1.807) is 0 Å². The zero-order chi connectivity index (χ0) is 59.2. The van der Waals surface area contributed by atoms with Gasteiger partial charge >= 0.3 is 17.9 Å². The van der Waals surface area contributed by atoms with Crippen molar-refractivity contribution in [3.05, 3.63) is 85.1 Å². The molecule has 0 saturated carbocycles. The molecule has 1 atom stereocenters. The number of hydrogen-bond donors (Lipinski definition) is 0. The van der Waals surface area contributed by atoms with E-state index in [-0.39, 0.29) is 31.1 Å². The lowest BCUT2D eigenvalue weighted by Gasteiger charge is -2.18. The second-order valence-corrected chi connectivity index (χ2v) is 23.8. The van der Waals surface area contributed by atoms with Gasteiger partial charge in [-0.1, -0.05) is 331 Å². The van der Waals surface area contributed by atoms with Gasteiger partial charge in [-0.05, 0) is 96.3 Å². The van der Waals surface area contributed by atoms with Gasteiger partial charge in [0.1, 0.15) is 13.2 Å². The summed E-state index contributed by atoms with van der Waals surface area (Å²) in [5, 5.41) is 0. The van der Waals surface area contributed by atoms with Crippen LogP contribution in [0.4, 0.5) is 0 Å². The lowest BCUT2D eigenvalue weighted by Crippen LogP contribution is -2.30. The molecule has 0 radical (unpaired) electrons. The lowest BCUT2D eigenvalue weighted by atomic mass is 10.0. The highest BCUT2D eigenvalue weighted by Gasteiger charge is 2.19. The van der Waals surface area contributed by atoms with E-state index in [9.17, 15) is 14.4 Å². The summed E-state index contributed by atoms with van der Waals surface area (Å²) in [6.07, 6.45) is 93.2. The minimum absolute atomic E-state index is 0.0751. The Bertz CT molecular complexity index is 1550. The number of allylic oxidation sites excluding steroid dienone is 14. The second-order valence-electron chi connectivity index (χ2n) is 23.8. The molecule has 82 heavy (non-hydrogen) atoms. The van der Waals surface area contributed by atoms with E-state index in [4.69, 9.17) is 14.2 Å². The van der Waals surface area contributed by atoms with Crippen molar-refractivity contribution in [3.8, 4) is 0 Å². The molecule has 0 spiro atoms. The van der Waals surface area contributed by atoms with Gasteiger partial charge in [-0.3, -0.25) is 14.4 Å². The third-order valence-electron chi connectivity index (χ3n) is 15.6. The Kier molecular flexibility index (Phi) is 67.2. The van der Waals surface area contributed by atoms with Crippen molar-refractivity contribution in [2.75, 3.05) is 13.2 Å². The van der Waals surface area contributed by atoms with Crippen LogP contribution in [0.3, 0.4) is 0 Å². The Hall–Kier alpha value is -3.41. The molecule has 1 unspecified atom stereocenters. The first-order valence-corrected chi connectivity index (χ1v) is 35.6. The third-order valence-corrected chi connectivity index (χ3v) is 15.6. The summed E-state index contributed by atoms with van der Waals surface area (Å²) in [7, 11) is 0. The molecule has 0 aromatic carbocycles. The van der Waals surface area contributed by atoms with E-state index >= 15 is 0 Å². The van der Waals surface area contributed by atoms with Crippen molar-refractivity contribution >= 4 is 17.9 Å². The normalized spacial score (nSPS) is 12.6. The van der Waals surface area contributed by atoms with Crippen LogP contribution in [0.5, 0.6) is 0 Å². The fraction of sp³-hybridized carbons (Fsp3) is 0.776. The molecule has 0 bridgehead atoms. The van der Waals surface area contributed by atoms with Gasteiger partial charge in [0.2, 0.25) is 0 Å². The van der Waals surface area contributed by atoms with E-state index < -0.39 is 6.10 Å². The number of carbonyl (C=O) groups excluding carboxylic acids is 3. The van der Waals surface area contributed by atoms with Crippen molar-refractivity contribution in [1.29, 1.82) is 0 Å². The largest absolute Gasteiger partial charge is 0.462 e.